The van der Waals surface area contributed by atoms with Gasteiger partial charge in [0.25, 0.3) is 10.0 Å². The summed E-state index contributed by atoms with van der Waals surface area (Å²) in [6, 6.07) is 1.65. The Labute approximate surface area is 113 Å². The number of carboxylic acids is 1. The zero-order chi connectivity index (χ0) is 13.9. The van der Waals surface area contributed by atoms with E-state index < -0.39 is 22.0 Å². The standard InChI is InChI=1S/C10H11N3O4S2/c14-10(15)8(4-7-5-11-6-12-7)13-19(16,17)9-2-1-3-18-9/h1-3,5-6,8,13H,4H2,(H,11,12)(H,14,15)/t8-/m1/s1. The molecule has 2 aromatic heterocycles. The van der Waals surface area contributed by atoms with E-state index in [1.54, 1.807) is 17.6 Å². The number of sulfonamides is 1. The lowest BCUT2D eigenvalue weighted by molar-refractivity contribution is -0.376. The Kier molecular flexibility index (Phi) is 3.98. The van der Waals surface area contributed by atoms with Gasteiger partial charge in [-0.15, -0.1) is 11.3 Å². The molecule has 9 heteroatoms. The van der Waals surface area contributed by atoms with E-state index in [9.17, 15) is 18.3 Å². The zero-order valence-electron chi connectivity index (χ0n) is 9.62. The average molecular weight is 301 g/mol. The lowest BCUT2D eigenvalue weighted by Gasteiger charge is -2.17. The van der Waals surface area contributed by atoms with Gasteiger partial charge in [-0.2, -0.15) is 0 Å². The first-order valence-electron chi connectivity index (χ1n) is 5.29. The van der Waals surface area contributed by atoms with Crippen LogP contribution in [0.4, 0.5) is 0 Å². The number of carbonyl (C=O) groups excluding carboxylic acids is 1. The van der Waals surface area contributed by atoms with E-state index in [1.165, 1.54) is 12.4 Å². The fourth-order valence-electron chi connectivity index (χ4n) is 1.49. The molecule has 0 amide bonds. The Morgan fingerprint density at radius 2 is 2.37 bits per heavy atom. The van der Waals surface area contributed by atoms with Crippen LogP contribution >= 0.6 is 11.3 Å². The fourth-order valence-corrected chi connectivity index (χ4v) is 3.69. The van der Waals surface area contributed by atoms with E-state index in [-0.39, 0.29) is 10.6 Å². The van der Waals surface area contributed by atoms with Gasteiger partial charge in [-0.05, 0) is 11.4 Å². The van der Waals surface area contributed by atoms with Gasteiger partial charge in [-0.3, -0.25) is 4.98 Å². The molecule has 102 valence electrons. The Morgan fingerprint density at radius 3 is 2.89 bits per heavy atom. The third-order valence-corrected chi connectivity index (χ3v) is 5.23. The summed E-state index contributed by atoms with van der Waals surface area (Å²) in [4.78, 5) is 16.5. The molecule has 0 saturated heterocycles. The first kappa shape index (κ1) is 13.7. The van der Waals surface area contributed by atoms with Gasteiger partial charge in [0.2, 0.25) is 6.33 Å². The van der Waals surface area contributed by atoms with E-state index in [0.717, 1.165) is 11.3 Å². The molecule has 0 radical (unpaired) electrons. The summed E-state index contributed by atoms with van der Waals surface area (Å²) in [6.45, 7) is 0. The van der Waals surface area contributed by atoms with Crippen LogP contribution in [0.2, 0.25) is 0 Å². The van der Waals surface area contributed by atoms with Crippen LogP contribution in [0.15, 0.2) is 34.2 Å². The maximum atomic E-state index is 11.9. The molecule has 2 heterocycles. The lowest BCUT2D eigenvalue weighted by Crippen LogP contribution is -2.49. The van der Waals surface area contributed by atoms with Gasteiger partial charge in [0, 0.05) is 6.42 Å². The van der Waals surface area contributed by atoms with Crippen LogP contribution < -0.4 is 14.8 Å². The van der Waals surface area contributed by atoms with Crippen molar-refractivity contribution in [3.05, 3.63) is 35.7 Å². The third-order valence-electron chi connectivity index (χ3n) is 2.36. The quantitative estimate of drug-likeness (QED) is 0.677. The van der Waals surface area contributed by atoms with Gasteiger partial charge in [0.05, 0.1) is 12.0 Å². The molecule has 0 aliphatic carbocycles. The molecule has 0 aliphatic heterocycles. The van der Waals surface area contributed by atoms with Crippen LogP contribution in [-0.2, 0) is 21.2 Å². The van der Waals surface area contributed by atoms with Gasteiger partial charge in [0.1, 0.15) is 16.1 Å². The molecule has 2 rings (SSSR count). The number of aliphatic carboxylic acids is 1. The number of aromatic nitrogens is 2. The van der Waals surface area contributed by atoms with Crippen molar-refractivity contribution < 1.29 is 23.3 Å². The molecule has 1 atom stereocenters. The number of carbonyl (C=O) groups is 1. The molecule has 0 spiro atoms. The van der Waals surface area contributed by atoms with Crippen LogP contribution in [0.5, 0.6) is 0 Å². The Morgan fingerprint density at radius 1 is 1.58 bits per heavy atom. The average Bonchev–Trinajstić information content (AvgIpc) is 3.00. The largest absolute Gasteiger partial charge is 0.548 e. The third kappa shape index (κ3) is 3.40. The van der Waals surface area contributed by atoms with Crippen LogP contribution in [0.1, 0.15) is 5.69 Å². The monoisotopic (exact) mass is 301 g/mol. The number of aromatic amines is 2. The number of rotatable bonds is 6. The highest BCUT2D eigenvalue weighted by atomic mass is 32.2. The highest BCUT2D eigenvalue weighted by molar-refractivity contribution is 7.91. The molecule has 0 fully saturated rings. The minimum atomic E-state index is -3.84. The van der Waals surface area contributed by atoms with Crippen molar-refractivity contribution in [2.45, 2.75) is 16.7 Å². The van der Waals surface area contributed by atoms with Gasteiger partial charge in [-0.1, -0.05) is 6.07 Å². The fraction of sp³-hybridized carbons (Fsp3) is 0.200. The maximum absolute atomic E-state index is 11.9. The second kappa shape index (κ2) is 5.51. The summed E-state index contributed by atoms with van der Waals surface area (Å²) in [6.07, 6.45) is 3.03. The van der Waals surface area contributed by atoms with E-state index in [1.807, 2.05) is 0 Å². The second-order valence-corrected chi connectivity index (χ2v) is 6.64. The molecule has 0 unspecified atom stereocenters. The highest BCUT2D eigenvalue weighted by Gasteiger charge is 2.23. The Hall–Kier alpha value is -1.71. The highest BCUT2D eigenvalue weighted by Crippen LogP contribution is 2.16. The Balaban J connectivity index is 2.15. The van der Waals surface area contributed by atoms with Crippen molar-refractivity contribution in [1.82, 2.24) is 9.71 Å². The van der Waals surface area contributed by atoms with E-state index in [0.29, 0.717) is 5.69 Å². The molecular weight excluding hydrogens is 290 g/mol. The number of hydrogen-bond donors (Lipinski definition) is 2. The minimum absolute atomic E-state index is 0.0313. The van der Waals surface area contributed by atoms with Gasteiger partial charge < -0.3 is 9.90 Å². The predicted molar refractivity (Wildman–Crippen MR) is 64.5 cm³/mol. The van der Waals surface area contributed by atoms with Crippen molar-refractivity contribution in [1.29, 1.82) is 0 Å². The second-order valence-electron chi connectivity index (χ2n) is 3.75. The minimum Gasteiger partial charge on any atom is -0.548 e. The van der Waals surface area contributed by atoms with Gasteiger partial charge in [-0.25, -0.2) is 18.1 Å². The maximum Gasteiger partial charge on any atom is 0.250 e. The van der Waals surface area contributed by atoms with Crippen LogP contribution in [-0.4, -0.2) is 25.4 Å². The Bertz CT molecular complexity index is 634. The molecule has 0 bridgehead atoms. The number of hydrogen-bond acceptors (Lipinski definition) is 5. The number of H-pyrrole nitrogens is 2. The molecular formula is C10H11N3O4S2. The molecule has 2 aromatic rings. The lowest BCUT2D eigenvalue weighted by atomic mass is 10.2. The molecule has 0 aliphatic rings. The molecule has 0 saturated carbocycles. The van der Waals surface area contributed by atoms with Crippen LogP contribution in [0.3, 0.4) is 0 Å². The first-order valence-corrected chi connectivity index (χ1v) is 7.65. The number of thiophene rings is 1. The molecule has 7 nitrogen and oxygen atoms in total. The molecule has 0 aromatic carbocycles. The van der Waals surface area contributed by atoms with E-state index in [4.69, 9.17) is 0 Å². The number of nitrogens with one attached hydrogen (secondary N) is 3. The summed E-state index contributed by atoms with van der Waals surface area (Å²) < 4.78 is 26.0. The molecule has 19 heavy (non-hydrogen) atoms. The SMILES string of the molecule is O=C([O-])[C@@H](Cc1c[nH+]c[nH]1)NS(=O)(=O)c1cccs1. The van der Waals surface area contributed by atoms with Gasteiger partial charge >= 0.3 is 0 Å². The van der Waals surface area contributed by atoms with E-state index >= 15 is 0 Å². The zero-order valence-corrected chi connectivity index (χ0v) is 11.3. The first-order chi connectivity index (χ1) is 8.99. The van der Waals surface area contributed by atoms with Crippen molar-refractivity contribution in [3.63, 3.8) is 0 Å². The molecule has 3 N–H and O–H groups in total. The van der Waals surface area contributed by atoms with Crippen molar-refractivity contribution >= 4 is 27.3 Å². The topological polar surface area (TPSA) is 116 Å². The number of carboxylic acid groups (broad SMARTS) is 1. The number of imidazole rings is 1. The van der Waals surface area contributed by atoms with Crippen molar-refractivity contribution in [2.75, 3.05) is 0 Å². The predicted octanol–water partition coefficient (Wildman–Crippen LogP) is -1.47. The van der Waals surface area contributed by atoms with E-state index in [2.05, 4.69) is 14.7 Å². The summed E-state index contributed by atoms with van der Waals surface area (Å²) in [5.41, 5.74) is 0.558. The van der Waals surface area contributed by atoms with Gasteiger partial charge in [0.15, 0.2) is 0 Å². The van der Waals surface area contributed by atoms with Crippen molar-refractivity contribution in [2.24, 2.45) is 0 Å². The van der Waals surface area contributed by atoms with Crippen LogP contribution in [0.25, 0.3) is 0 Å². The normalized spacial score (nSPS) is 13.3. The van der Waals surface area contributed by atoms with Crippen molar-refractivity contribution in [3.8, 4) is 0 Å². The smallest absolute Gasteiger partial charge is 0.250 e. The van der Waals surface area contributed by atoms with Crippen LogP contribution in [0, 0.1) is 0 Å². The summed E-state index contributed by atoms with van der Waals surface area (Å²) >= 11 is 1.01. The summed E-state index contributed by atoms with van der Waals surface area (Å²) in [5, 5.41) is 12.6. The summed E-state index contributed by atoms with van der Waals surface area (Å²) in [7, 11) is -3.84. The summed E-state index contributed by atoms with van der Waals surface area (Å²) in [5.74, 6) is -1.48.